The largest absolute Gasteiger partial charge is 0.434 e. The number of fused-ring (bicyclic) bond motifs is 1. The quantitative estimate of drug-likeness (QED) is 0.731. The van der Waals surface area contributed by atoms with Crippen molar-refractivity contribution in [2.45, 2.75) is 44.1 Å². The zero-order valence-electron chi connectivity index (χ0n) is 15.7. The fourth-order valence-corrected chi connectivity index (χ4v) is 3.84. The zero-order valence-corrected chi connectivity index (χ0v) is 17.2. The SMILES string of the molecule is CC1(C)O[C@@H]2[C@@H](Nc3cncc(C(F)(F)F)n3)CN(c3ccc(Br)cn3)C[C@@H]2O1. The third-order valence-electron chi connectivity index (χ3n) is 4.73. The number of rotatable bonds is 3. The van der Waals surface area contributed by atoms with Gasteiger partial charge >= 0.3 is 6.18 Å². The molecule has 0 saturated carbocycles. The lowest BCUT2D eigenvalue weighted by molar-refractivity contribution is -0.145. The molecule has 29 heavy (non-hydrogen) atoms. The van der Waals surface area contributed by atoms with Gasteiger partial charge in [0.05, 0.1) is 18.4 Å². The van der Waals surface area contributed by atoms with Crippen molar-refractivity contribution in [3.8, 4) is 0 Å². The number of nitrogens with one attached hydrogen (secondary N) is 1. The van der Waals surface area contributed by atoms with E-state index in [9.17, 15) is 13.2 Å². The molecule has 2 aromatic heterocycles. The Morgan fingerprint density at radius 1 is 1.17 bits per heavy atom. The first-order valence-corrected chi connectivity index (χ1v) is 9.78. The molecule has 0 bridgehead atoms. The molecule has 0 unspecified atom stereocenters. The number of halogens is 4. The summed E-state index contributed by atoms with van der Waals surface area (Å²) in [5.74, 6) is -0.0258. The third-order valence-corrected chi connectivity index (χ3v) is 5.20. The first kappa shape index (κ1) is 20.3. The molecule has 2 saturated heterocycles. The summed E-state index contributed by atoms with van der Waals surface area (Å²) in [6.07, 6.45) is -1.54. The van der Waals surface area contributed by atoms with Gasteiger partial charge in [-0.2, -0.15) is 13.2 Å². The zero-order chi connectivity index (χ0) is 20.8. The van der Waals surface area contributed by atoms with Crippen molar-refractivity contribution in [1.29, 1.82) is 0 Å². The fourth-order valence-electron chi connectivity index (χ4n) is 3.61. The molecule has 1 N–H and O–H groups in total. The Morgan fingerprint density at radius 2 is 1.97 bits per heavy atom. The van der Waals surface area contributed by atoms with Crippen molar-refractivity contribution in [2.75, 3.05) is 23.3 Å². The van der Waals surface area contributed by atoms with Crippen molar-refractivity contribution < 1.29 is 22.6 Å². The van der Waals surface area contributed by atoms with Crippen LogP contribution in [0.25, 0.3) is 0 Å². The number of alkyl halides is 3. The lowest BCUT2D eigenvalue weighted by Gasteiger charge is -2.39. The first-order valence-electron chi connectivity index (χ1n) is 8.99. The van der Waals surface area contributed by atoms with Gasteiger partial charge in [-0.05, 0) is 41.9 Å². The van der Waals surface area contributed by atoms with E-state index in [1.54, 1.807) is 6.20 Å². The van der Waals surface area contributed by atoms with Crippen LogP contribution in [0.2, 0.25) is 0 Å². The Bertz CT molecular complexity index is 881. The van der Waals surface area contributed by atoms with E-state index in [2.05, 4.69) is 36.2 Å². The van der Waals surface area contributed by atoms with Gasteiger partial charge < -0.3 is 19.7 Å². The predicted octanol–water partition coefficient (Wildman–Crippen LogP) is 3.47. The molecule has 2 aromatic rings. The Labute approximate surface area is 173 Å². The molecule has 2 aliphatic rings. The van der Waals surface area contributed by atoms with Crippen LogP contribution < -0.4 is 10.2 Å². The molecule has 0 spiro atoms. The molecular weight excluding hydrogens is 455 g/mol. The molecule has 4 heterocycles. The van der Waals surface area contributed by atoms with E-state index in [-0.39, 0.29) is 24.1 Å². The monoisotopic (exact) mass is 473 g/mol. The van der Waals surface area contributed by atoms with Gasteiger partial charge in [0.1, 0.15) is 23.8 Å². The minimum Gasteiger partial charge on any atom is -0.362 e. The van der Waals surface area contributed by atoms with Crippen LogP contribution in [0.5, 0.6) is 0 Å². The number of hydrogen-bond acceptors (Lipinski definition) is 7. The van der Waals surface area contributed by atoms with E-state index in [1.165, 1.54) is 6.20 Å². The van der Waals surface area contributed by atoms with Crippen LogP contribution in [0.4, 0.5) is 24.8 Å². The van der Waals surface area contributed by atoms with E-state index >= 15 is 0 Å². The van der Waals surface area contributed by atoms with Crippen LogP contribution in [0.1, 0.15) is 19.5 Å². The number of hydrogen-bond donors (Lipinski definition) is 1. The summed E-state index contributed by atoms with van der Waals surface area (Å²) in [5, 5.41) is 3.06. The normalized spacial score (nSPS) is 26.3. The highest BCUT2D eigenvalue weighted by Crippen LogP contribution is 2.36. The average molecular weight is 474 g/mol. The van der Waals surface area contributed by atoms with Gasteiger partial charge in [0.25, 0.3) is 0 Å². The molecule has 156 valence electrons. The number of ether oxygens (including phenoxy) is 2. The summed E-state index contributed by atoms with van der Waals surface area (Å²) in [5.41, 5.74) is -1.05. The summed E-state index contributed by atoms with van der Waals surface area (Å²) in [6, 6.07) is 3.37. The molecular formula is C18H19BrF3N5O2. The lowest BCUT2D eigenvalue weighted by Crippen LogP contribution is -2.57. The van der Waals surface area contributed by atoms with Crippen LogP contribution in [0, 0.1) is 0 Å². The Hall–Kier alpha value is -1.98. The smallest absolute Gasteiger partial charge is 0.362 e. The van der Waals surface area contributed by atoms with Gasteiger partial charge in [-0.15, -0.1) is 0 Å². The van der Waals surface area contributed by atoms with Crippen molar-refractivity contribution in [1.82, 2.24) is 15.0 Å². The molecule has 0 radical (unpaired) electrons. The molecule has 11 heteroatoms. The van der Waals surface area contributed by atoms with E-state index < -0.39 is 17.7 Å². The maximum atomic E-state index is 13.0. The van der Waals surface area contributed by atoms with Gasteiger partial charge in [0.15, 0.2) is 11.5 Å². The van der Waals surface area contributed by atoms with Gasteiger partial charge in [0, 0.05) is 23.8 Å². The molecule has 4 rings (SSSR count). The van der Waals surface area contributed by atoms with Crippen molar-refractivity contribution >= 4 is 27.6 Å². The fraction of sp³-hybridized carbons (Fsp3) is 0.500. The summed E-state index contributed by atoms with van der Waals surface area (Å²) in [6.45, 7) is 4.63. The summed E-state index contributed by atoms with van der Waals surface area (Å²) >= 11 is 3.36. The average Bonchev–Trinajstić information content (AvgIpc) is 2.96. The summed E-state index contributed by atoms with van der Waals surface area (Å²) < 4.78 is 51.9. The van der Waals surface area contributed by atoms with E-state index in [4.69, 9.17) is 9.47 Å². The molecule has 3 atom stereocenters. The number of anilines is 2. The van der Waals surface area contributed by atoms with Crippen LogP contribution in [-0.4, -0.2) is 52.1 Å². The second-order valence-electron chi connectivity index (χ2n) is 7.42. The topological polar surface area (TPSA) is 72.4 Å². The van der Waals surface area contributed by atoms with Crippen LogP contribution >= 0.6 is 15.9 Å². The summed E-state index contributed by atoms with van der Waals surface area (Å²) in [4.78, 5) is 13.8. The number of aromatic nitrogens is 3. The number of nitrogens with zero attached hydrogens (tertiary/aromatic N) is 4. The van der Waals surface area contributed by atoms with Crippen molar-refractivity contribution in [3.05, 3.63) is 40.9 Å². The van der Waals surface area contributed by atoms with Gasteiger partial charge in [-0.1, -0.05) is 0 Å². The number of piperidine rings is 1. The van der Waals surface area contributed by atoms with E-state index in [0.29, 0.717) is 19.3 Å². The number of pyridine rings is 1. The second kappa shape index (κ2) is 7.37. The first-order chi connectivity index (χ1) is 13.6. The van der Waals surface area contributed by atoms with Crippen LogP contribution in [-0.2, 0) is 15.7 Å². The molecule has 0 amide bonds. The maximum absolute atomic E-state index is 13.0. The van der Waals surface area contributed by atoms with Gasteiger partial charge in [-0.25, -0.2) is 9.97 Å². The molecule has 0 aromatic carbocycles. The van der Waals surface area contributed by atoms with Gasteiger partial charge in [0.2, 0.25) is 0 Å². The lowest BCUT2D eigenvalue weighted by atomic mass is 9.99. The highest BCUT2D eigenvalue weighted by atomic mass is 79.9. The molecule has 7 nitrogen and oxygen atoms in total. The van der Waals surface area contributed by atoms with Crippen molar-refractivity contribution in [3.63, 3.8) is 0 Å². The maximum Gasteiger partial charge on any atom is 0.434 e. The highest BCUT2D eigenvalue weighted by molar-refractivity contribution is 9.10. The Morgan fingerprint density at radius 3 is 2.66 bits per heavy atom. The minimum atomic E-state index is -4.57. The van der Waals surface area contributed by atoms with Crippen LogP contribution in [0.3, 0.4) is 0 Å². The Balaban J connectivity index is 1.60. The van der Waals surface area contributed by atoms with Crippen molar-refractivity contribution in [2.24, 2.45) is 0 Å². The van der Waals surface area contributed by atoms with Gasteiger partial charge in [-0.3, -0.25) is 4.98 Å². The molecule has 0 aliphatic carbocycles. The van der Waals surface area contributed by atoms with Crippen LogP contribution in [0.15, 0.2) is 35.2 Å². The molecule has 2 aliphatic heterocycles. The summed E-state index contributed by atoms with van der Waals surface area (Å²) in [7, 11) is 0. The van der Waals surface area contributed by atoms with E-state index in [1.807, 2.05) is 30.9 Å². The second-order valence-corrected chi connectivity index (χ2v) is 8.33. The predicted molar refractivity (Wildman–Crippen MR) is 102 cm³/mol. The standard InChI is InChI=1S/C18H19BrF3N5O2/c1-17(2)28-12-9-27(15-4-3-10(19)5-24-15)8-11(16(12)29-17)25-14-7-23-6-13(26-14)18(20,21)22/h3-7,11-12,16H,8-9H2,1-2H3,(H,25,26)/t11-,12-,16+/m0/s1. The van der Waals surface area contributed by atoms with E-state index in [0.717, 1.165) is 10.3 Å². The highest BCUT2D eigenvalue weighted by Gasteiger charge is 2.49. The molecule has 2 fully saturated rings. The third kappa shape index (κ3) is 4.46. The Kier molecular flexibility index (Phi) is 5.16. The minimum absolute atomic E-state index is 0.0301.